The molecule has 5 nitrogen and oxygen atoms in total. The summed E-state index contributed by atoms with van der Waals surface area (Å²) < 4.78 is 1.66. The van der Waals surface area contributed by atoms with Crippen molar-refractivity contribution >= 4 is 16.9 Å². The maximum Gasteiger partial charge on any atom is 0.153 e. The molecule has 3 N–H and O–H groups in total. The molecule has 0 aliphatic heterocycles. The minimum atomic E-state index is -1.00. The number of anilines is 1. The number of hydrogen-bond donors (Lipinski definition) is 2. The Labute approximate surface area is 116 Å². The van der Waals surface area contributed by atoms with E-state index in [1.54, 1.807) is 24.6 Å². The molecule has 3 aromatic rings. The van der Waals surface area contributed by atoms with Crippen LogP contribution in [0.15, 0.2) is 42.5 Å². The van der Waals surface area contributed by atoms with Crippen molar-refractivity contribution in [2.75, 3.05) is 5.73 Å². The van der Waals surface area contributed by atoms with Crippen molar-refractivity contribution in [1.82, 2.24) is 14.8 Å². The van der Waals surface area contributed by atoms with Crippen LogP contribution >= 0.6 is 0 Å². The molecular formula is C15H16N4O. The second-order valence-corrected chi connectivity index (χ2v) is 5.26. The summed E-state index contributed by atoms with van der Waals surface area (Å²) in [6.07, 6.45) is 0. The summed E-state index contributed by atoms with van der Waals surface area (Å²) in [4.78, 5) is 4.43. The molecule has 102 valence electrons. The first-order chi connectivity index (χ1) is 9.47. The van der Waals surface area contributed by atoms with E-state index >= 15 is 0 Å². The molecule has 20 heavy (non-hydrogen) atoms. The molecule has 0 saturated carbocycles. The summed E-state index contributed by atoms with van der Waals surface area (Å²) in [5.74, 6) is 0.470. The molecule has 0 aliphatic carbocycles. The Bertz CT molecular complexity index is 757. The van der Waals surface area contributed by atoms with Gasteiger partial charge in [0.2, 0.25) is 0 Å². The molecule has 0 saturated heterocycles. The van der Waals surface area contributed by atoms with Crippen molar-refractivity contribution in [3.8, 4) is 5.69 Å². The van der Waals surface area contributed by atoms with E-state index in [1.807, 2.05) is 36.4 Å². The van der Waals surface area contributed by atoms with Gasteiger partial charge in [0.1, 0.15) is 16.6 Å². The van der Waals surface area contributed by atoms with Gasteiger partial charge in [0.15, 0.2) is 5.82 Å². The Kier molecular flexibility index (Phi) is 2.72. The Hall–Kier alpha value is -2.40. The highest BCUT2D eigenvalue weighted by Gasteiger charge is 2.20. The van der Waals surface area contributed by atoms with E-state index in [0.29, 0.717) is 22.5 Å². The number of benzene rings is 1. The molecule has 0 bridgehead atoms. The van der Waals surface area contributed by atoms with Crippen molar-refractivity contribution in [3.05, 3.63) is 48.2 Å². The van der Waals surface area contributed by atoms with E-state index in [4.69, 9.17) is 5.73 Å². The van der Waals surface area contributed by atoms with Gasteiger partial charge in [-0.05, 0) is 38.1 Å². The summed E-state index contributed by atoms with van der Waals surface area (Å²) in [6.45, 7) is 3.39. The first-order valence-corrected chi connectivity index (χ1v) is 6.40. The minimum absolute atomic E-state index is 0.470. The predicted octanol–water partition coefficient (Wildman–Crippen LogP) is 2.23. The van der Waals surface area contributed by atoms with Crippen LogP contribution in [0.2, 0.25) is 0 Å². The summed E-state index contributed by atoms with van der Waals surface area (Å²) in [5.41, 5.74) is 7.90. The molecule has 0 radical (unpaired) electrons. The van der Waals surface area contributed by atoms with Crippen LogP contribution in [0.3, 0.4) is 0 Å². The van der Waals surface area contributed by atoms with Crippen LogP contribution in [-0.2, 0) is 5.60 Å². The van der Waals surface area contributed by atoms with Crippen LogP contribution in [0, 0.1) is 0 Å². The average molecular weight is 268 g/mol. The van der Waals surface area contributed by atoms with Crippen LogP contribution in [0.5, 0.6) is 0 Å². The summed E-state index contributed by atoms with van der Waals surface area (Å²) in [6, 6.07) is 13.2. The Balaban J connectivity index is 2.21. The second-order valence-electron chi connectivity index (χ2n) is 5.26. The highest BCUT2D eigenvalue weighted by atomic mass is 16.3. The Morgan fingerprint density at radius 1 is 1.10 bits per heavy atom. The van der Waals surface area contributed by atoms with Gasteiger partial charge in [-0.25, -0.2) is 9.67 Å². The normalized spacial score (nSPS) is 11.9. The van der Waals surface area contributed by atoms with E-state index in [9.17, 15) is 5.11 Å². The minimum Gasteiger partial charge on any atom is -0.384 e. The van der Waals surface area contributed by atoms with E-state index in [1.165, 1.54) is 0 Å². The largest absolute Gasteiger partial charge is 0.384 e. The molecule has 5 heteroatoms. The number of para-hydroxylation sites is 1. The molecule has 0 atom stereocenters. The van der Waals surface area contributed by atoms with Gasteiger partial charge in [-0.3, -0.25) is 0 Å². The third-order valence-corrected chi connectivity index (χ3v) is 3.18. The van der Waals surface area contributed by atoms with Crippen molar-refractivity contribution in [2.24, 2.45) is 0 Å². The zero-order valence-electron chi connectivity index (χ0n) is 11.4. The predicted molar refractivity (Wildman–Crippen MR) is 78.5 cm³/mol. The van der Waals surface area contributed by atoms with Crippen molar-refractivity contribution in [2.45, 2.75) is 19.4 Å². The maximum absolute atomic E-state index is 10.0. The van der Waals surface area contributed by atoms with Crippen molar-refractivity contribution < 1.29 is 5.11 Å². The third-order valence-electron chi connectivity index (χ3n) is 3.18. The lowest BCUT2D eigenvalue weighted by Gasteiger charge is -2.15. The molecule has 0 spiro atoms. The van der Waals surface area contributed by atoms with Crippen LogP contribution in [0.25, 0.3) is 16.7 Å². The van der Waals surface area contributed by atoms with Gasteiger partial charge in [-0.1, -0.05) is 18.2 Å². The SMILES string of the molecule is CC(C)(O)c1ccc2nn(-c3ccccc3)c(N)c2n1. The fraction of sp³-hybridized carbons (Fsp3) is 0.200. The molecule has 0 fully saturated rings. The molecule has 0 amide bonds. The smallest absolute Gasteiger partial charge is 0.153 e. The van der Waals surface area contributed by atoms with Gasteiger partial charge in [0.25, 0.3) is 0 Å². The van der Waals surface area contributed by atoms with Gasteiger partial charge >= 0.3 is 0 Å². The monoisotopic (exact) mass is 268 g/mol. The molecular weight excluding hydrogens is 252 g/mol. The lowest BCUT2D eigenvalue weighted by Crippen LogP contribution is -2.17. The van der Waals surface area contributed by atoms with Gasteiger partial charge < -0.3 is 10.8 Å². The zero-order chi connectivity index (χ0) is 14.3. The number of nitrogens with zero attached hydrogens (tertiary/aromatic N) is 3. The van der Waals surface area contributed by atoms with Crippen LogP contribution in [0.4, 0.5) is 5.82 Å². The Morgan fingerprint density at radius 2 is 1.80 bits per heavy atom. The molecule has 0 aliphatic rings. The van der Waals surface area contributed by atoms with E-state index < -0.39 is 5.60 Å². The maximum atomic E-state index is 10.0. The number of aromatic nitrogens is 3. The molecule has 0 unspecified atom stereocenters. The fourth-order valence-electron chi connectivity index (χ4n) is 2.09. The number of rotatable bonds is 2. The van der Waals surface area contributed by atoms with Gasteiger partial charge in [0.05, 0.1) is 11.4 Å². The van der Waals surface area contributed by atoms with Crippen molar-refractivity contribution in [3.63, 3.8) is 0 Å². The zero-order valence-corrected chi connectivity index (χ0v) is 11.4. The van der Waals surface area contributed by atoms with Crippen LogP contribution < -0.4 is 5.73 Å². The summed E-state index contributed by atoms with van der Waals surface area (Å²) in [5, 5.41) is 14.5. The number of hydrogen-bond acceptors (Lipinski definition) is 4. The summed E-state index contributed by atoms with van der Waals surface area (Å²) >= 11 is 0. The lowest BCUT2D eigenvalue weighted by molar-refractivity contribution is 0.0742. The molecule has 2 aromatic heterocycles. The fourth-order valence-corrected chi connectivity index (χ4v) is 2.09. The summed E-state index contributed by atoms with van der Waals surface area (Å²) in [7, 11) is 0. The topological polar surface area (TPSA) is 77.0 Å². The van der Waals surface area contributed by atoms with Gasteiger partial charge in [-0.2, -0.15) is 5.10 Å². The highest BCUT2D eigenvalue weighted by molar-refractivity contribution is 5.86. The van der Waals surface area contributed by atoms with E-state index in [-0.39, 0.29) is 0 Å². The highest BCUT2D eigenvalue weighted by Crippen LogP contribution is 2.25. The molecule has 1 aromatic carbocycles. The number of aliphatic hydroxyl groups is 1. The van der Waals surface area contributed by atoms with E-state index in [2.05, 4.69) is 10.1 Å². The third kappa shape index (κ3) is 2.02. The second kappa shape index (κ2) is 4.31. The number of fused-ring (bicyclic) bond motifs is 1. The average Bonchev–Trinajstić information content (AvgIpc) is 2.76. The lowest BCUT2D eigenvalue weighted by atomic mass is 10.0. The standard InChI is InChI=1S/C15H16N4O/c1-15(2,20)12-9-8-11-13(17-12)14(16)19(18-11)10-6-4-3-5-7-10/h3-9,20H,16H2,1-2H3. The van der Waals surface area contributed by atoms with Crippen LogP contribution in [-0.4, -0.2) is 19.9 Å². The first kappa shape index (κ1) is 12.6. The number of nitrogens with two attached hydrogens (primary N) is 1. The van der Waals surface area contributed by atoms with Gasteiger partial charge in [-0.15, -0.1) is 0 Å². The Morgan fingerprint density at radius 3 is 2.45 bits per heavy atom. The number of pyridine rings is 1. The van der Waals surface area contributed by atoms with Crippen molar-refractivity contribution in [1.29, 1.82) is 0 Å². The van der Waals surface area contributed by atoms with Gasteiger partial charge in [0, 0.05) is 0 Å². The molecule has 2 heterocycles. The molecule has 3 rings (SSSR count). The van der Waals surface area contributed by atoms with Crippen LogP contribution in [0.1, 0.15) is 19.5 Å². The quantitative estimate of drug-likeness (QED) is 0.747. The number of nitrogen functional groups attached to an aromatic ring is 1. The van der Waals surface area contributed by atoms with E-state index in [0.717, 1.165) is 5.69 Å². The first-order valence-electron chi connectivity index (χ1n) is 6.40.